The molecule has 24 heavy (non-hydrogen) atoms. The van der Waals surface area contributed by atoms with E-state index in [4.69, 9.17) is 0 Å². The molecule has 0 saturated carbocycles. The van der Waals surface area contributed by atoms with Crippen LogP contribution in [0.25, 0.3) is 0 Å². The van der Waals surface area contributed by atoms with E-state index in [1.165, 1.54) is 0 Å². The van der Waals surface area contributed by atoms with Crippen LogP contribution in [0.15, 0.2) is 47.4 Å². The first kappa shape index (κ1) is 16.5. The number of anilines is 2. The molecule has 0 unspecified atom stereocenters. The first-order valence-corrected chi connectivity index (χ1v) is 9.51. The van der Waals surface area contributed by atoms with Crippen LogP contribution in [0.1, 0.15) is 30.9 Å². The minimum atomic E-state index is -3.62. The van der Waals surface area contributed by atoms with Gasteiger partial charge in [-0.05, 0) is 54.3 Å². The number of hydrogen-bond donors (Lipinski definition) is 2. The zero-order valence-corrected chi connectivity index (χ0v) is 14.3. The van der Waals surface area contributed by atoms with Crippen molar-refractivity contribution in [2.45, 2.75) is 37.5 Å². The topological polar surface area (TPSA) is 75.3 Å². The number of aryl methyl sites for hydroxylation is 2. The SMILES string of the molecule is CCCc1ccc(S(=O)(=O)Nc2ccc3c(c2)CCC(=O)N3)cc1. The second kappa shape index (κ2) is 6.65. The van der Waals surface area contributed by atoms with Crippen LogP contribution < -0.4 is 10.0 Å². The van der Waals surface area contributed by atoms with E-state index < -0.39 is 10.0 Å². The van der Waals surface area contributed by atoms with E-state index in [0.717, 1.165) is 29.7 Å². The molecule has 3 rings (SSSR count). The van der Waals surface area contributed by atoms with Crippen molar-refractivity contribution in [2.75, 3.05) is 10.0 Å². The number of amides is 1. The van der Waals surface area contributed by atoms with Crippen molar-refractivity contribution in [1.29, 1.82) is 0 Å². The number of benzene rings is 2. The Labute approximate surface area is 142 Å². The number of hydrogen-bond acceptors (Lipinski definition) is 3. The van der Waals surface area contributed by atoms with Gasteiger partial charge in [-0.2, -0.15) is 0 Å². The van der Waals surface area contributed by atoms with Gasteiger partial charge in [0.05, 0.1) is 4.90 Å². The maximum Gasteiger partial charge on any atom is 0.261 e. The summed E-state index contributed by atoms with van der Waals surface area (Å²) < 4.78 is 27.6. The quantitative estimate of drug-likeness (QED) is 0.873. The first-order valence-electron chi connectivity index (χ1n) is 8.02. The fourth-order valence-electron chi connectivity index (χ4n) is 2.78. The normalized spacial score (nSPS) is 14.0. The van der Waals surface area contributed by atoms with Gasteiger partial charge in [-0.3, -0.25) is 9.52 Å². The lowest BCUT2D eigenvalue weighted by Gasteiger charge is -2.18. The fraction of sp³-hybridized carbons (Fsp3) is 0.278. The molecule has 1 heterocycles. The Balaban J connectivity index is 1.80. The second-order valence-corrected chi connectivity index (χ2v) is 7.60. The smallest absolute Gasteiger partial charge is 0.261 e. The van der Waals surface area contributed by atoms with Crippen LogP contribution in [-0.2, 0) is 27.7 Å². The van der Waals surface area contributed by atoms with Gasteiger partial charge in [-0.1, -0.05) is 25.5 Å². The highest BCUT2D eigenvalue weighted by molar-refractivity contribution is 7.92. The average Bonchev–Trinajstić information content (AvgIpc) is 2.55. The number of fused-ring (bicyclic) bond motifs is 1. The molecule has 1 amide bonds. The Morgan fingerprint density at radius 2 is 1.83 bits per heavy atom. The standard InChI is InChI=1S/C18H20N2O3S/c1-2-3-13-4-8-16(9-5-13)24(22,23)20-15-7-10-17-14(12-15)6-11-18(21)19-17/h4-5,7-10,12,20H,2-3,6,11H2,1H3,(H,19,21). The number of carbonyl (C=O) groups is 1. The Morgan fingerprint density at radius 1 is 1.08 bits per heavy atom. The van der Waals surface area contributed by atoms with Crippen molar-refractivity contribution in [3.05, 3.63) is 53.6 Å². The molecule has 2 aromatic rings. The van der Waals surface area contributed by atoms with Crippen LogP contribution in [0.4, 0.5) is 11.4 Å². The Morgan fingerprint density at radius 3 is 2.54 bits per heavy atom. The van der Waals surface area contributed by atoms with Gasteiger partial charge in [0.2, 0.25) is 5.91 Å². The number of nitrogens with one attached hydrogen (secondary N) is 2. The third-order valence-corrected chi connectivity index (χ3v) is 5.42. The molecule has 0 saturated heterocycles. The molecule has 5 nitrogen and oxygen atoms in total. The molecule has 0 spiro atoms. The highest BCUT2D eigenvalue weighted by Gasteiger charge is 2.18. The van der Waals surface area contributed by atoms with Gasteiger partial charge in [0.25, 0.3) is 10.0 Å². The summed E-state index contributed by atoms with van der Waals surface area (Å²) in [5.41, 5.74) is 3.31. The molecule has 6 heteroatoms. The highest BCUT2D eigenvalue weighted by Crippen LogP contribution is 2.27. The zero-order chi connectivity index (χ0) is 17.2. The summed E-state index contributed by atoms with van der Waals surface area (Å²) in [7, 11) is -3.62. The second-order valence-electron chi connectivity index (χ2n) is 5.92. The van der Waals surface area contributed by atoms with Crippen LogP contribution in [0.5, 0.6) is 0 Å². The van der Waals surface area contributed by atoms with Crippen molar-refractivity contribution < 1.29 is 13.2 Å². The lowest BCUT2D eigenvalue weighted by Crippen LogP contribution is -2.19. The van der Waals surface area contributed by atoms with Gasteiger partial charge in [-0.25, -0.2) is 8.42 Å². The molecule has 1 aliphatic rings. The Hall–Kier alpha value is -2.34. The highest BCUT2D eigenvalue weighted by atomic mass is 32.2. The van der Waals surface area contributed by atoms with Crippen LogP contribution >= 0.6 is 0 Å². The molecule has 2 aromatic carbocycles. The minimum absolute atomic E-state index is 0.0111. The Kier molecular flexibility index (Phi) is 4.57. The van der Waals surface area contributed by atoms with E-state index in [9.17, 15) is 13.2 Å². The average molecular weight is 344 g/mol. The lowest BCUT2D eigenvalue weighted by molar-refractivity contribution is -0.116. The fourth-order valence-corrected chi connectivity index (χ4v) is 3.83. The Bertz CT molecular complexity index is 858. The van der Waals surface area contributed by atoms with Crippen molar-refractivity contribution >= 4 is 27.3 Å². The van der Waals surface area contributed by atoms with Gasteiger partial charge in [-0.15, -0.1) is 0 Å². The zero-order valence-electron chi connectivity index (χ0n) is 13.5. The van der Waals surface area contributed by atoms with Crippen molar-refractivity contribution in [2.24, 2.45) is 0 Å². The maximum atomic E-state index is 12.5. The van der Waals surface area contributed by atoms with Crippen LogP contribution in [-0.4, -0.2) is 14.3 Å². The first-order chi connectivity index (χ1) is 11.5. The van der Waals surface area contributed by atoms with E-state index >= 15 is 0 Å². The van der Waals surface area contributed by atoms with Crippen molar-refractivity contribution in [3.8, 4) is 0 Å². The van der Waals surface area contributed by atoms with Gasteiger partial charge in [0.15, 0.2) is 0 Å². The maximum absolute atomic E-state index is 12.5. The van der Waals surface area contributed by atoms with E-state index in [1.54, 1.807) is 30.3 Å². The summed E-state index contributed by atoms with van der Waals surface area (Å²) in [5.74, 6) is -0.0111. The van der Waals surface area contributed by atoms with Crippen molar-refractivity contribution in [3.63, 3.8) is 0 Å². The van der Waals surface area contributed by atoms with Crippen molar-refractivity contribution in [1.82, 2.24) is 0 Å². The molecule has 0 bridgehead atoms. The summed E-state index contributed by atoms with van der Waals surface area (Å²) in [6.45, 7) is 2.09. The van der Waals surface area contributed by atoms with E-state index in [-0.39, 0.29) is 10.8 Å². The molecule has 0 aromatic heterocycles. The molecule has 126 valence electrons. The summed E-state index contributed by atoms with van der Waals surface area (Å²) in [4.78, 5) is 11.6. The molecular formula is C18H20N2O3S. The van der Waals surface area contributed by atoms with E-state index in [0.29, 0.717) is 18.5 Å². The van der Waals surface area contributed by atoms with Crippen LogP contribution in [0, 0.1) is 0 Å². The van der Waals surface area contributed by atoms with Crippen LogP contribution in [0.3, 0.4) is 0 Å². The molecule has 0 atom stereocenters. The number of rotatable bonds is 5. The van der Waals surface area contributed by atoms with Gasteiger partial charge in [0, 0.05) is 17.8 Å². The molecule has 1 aliphatic heterocycles. The van der Waals surface area contributed by atoms with E-state index in [2.05, 4.69) is 17.0 Å². The molecule has 0 fully saturated rings. The number of carbonyl (C=O) groups excluding carboxylic acids is 1. The van der Waals surface area contributed by atoms with Crippen LogP contribution in [0.2, 0.25) is 0 Å². The lowest BCUT2D eigenvalue weighted by atomic mass is 10.0. The molecule has 2 N–H and O–H groups in total. The number of sulfonamides is 1. The third-order valence-electron chi connectivity index (χ3n) is 4.03. The summed E-state index contributed by atoms with van der Waals surface area (Å²) in [6.07, 6.45) is 2.99. The largest absolute Gasteiger partial charge is 0.326 e. The molecule has 0 aliphatic carbocycles. The van der Waals surface area contributed by atoms with Gasteiger partial charge < -0.3 is 5.32 Å². The molecular weight excluding hydrogens is 324 g/mol. The predicted molar refractivity (Wildman–Crippen MR) is 94.6 cm³/mol. The third kappa shape index (κ3) is 3.59. The monoisotopic (exact) mass is 344 g/mol. The predicted octanol–water partition coefficient (Wildman–Crippen LogP) is 3.32. The summed E-state index contributed by atoms with van der Waals surface area (Å²) in [6, 6.07) is 12.1. The van der Waals surface area contributed by atoms with E-state index in [1.807, 2.05) is 12.1 Å². The van der Waals surface area contributed by atoms with Gasteiger partial charge >= 0.3 is 0 Å². The summed E-state index contributed by atoms with van der Waals surface area (Å²) >= 11 is 0. The summed E-state index contributed by atoms with van der Waals surface area (Å²) in [5, 5.41) is 2.78. The van der Waals surface area contributed by atoms with Gasteiger partial charge in [0.1, 0.15) is 0 Å². The minimum Gasteiger partial charge on any atom is -0.326 e. The molecule has 0 radical (unpaired) electrons.